The second kappa shape index (κ2) is 9.76. The minimum Gasteiger partial charge on any atom is -0.444 e. The van der Waals surface area contributed by atoms with Gasteiger partial charge < -0.3 is 15.0 Å². The summed E-state index contributed by atoms with van der Waals surface area (Å²) >= 11 is 0. The summed E-state index contributed by atoms with van der Waals surface area (Å²) in [5.41, 5.74) is -0.463. The predicted octanol–water partition coefficient (Wildman–Crippen LogP) is 3.26. The number of hydrogen-bond acceptors (Lipinski definition) is 4. The lowest BCUT2D eigenvalue weighted by Gasteiger charge is -2.38. The topological polar surface area (TPSA) is 61.9 Å². The molecule has 27 heavy (non-hydrogen) atoms. The molecule has 6 heteroatoms. The Bertz CT molecular complexity index is 495. The van der Waals surface area contributed by atoms with Crippen LogP contribution in [0.2, 0.25) is 0 Å². The second-order valence-corrected chi connectivity index (χ2v) is 9.44. The first-order valence-corrected chi connectivity index (χ1v) is 10.6. The molecule has 2 unspecified atom stereocenters. The average molecular weight is 382 g/mol. The van der Waals surface area contributed by atoms with Crippen molar-refractivity contribution in [1.82, 2.24) is 15.1 Å². The zero-order chi connectivity index (χ0) is 20.0. The van der Waals surface area contributed by atoms with Crippen molar-refractivity contribution in [1.29, 1.82) is 0 Å². The SMILES string of the molecule is CC1CCCCC1N(C)C(=O)CN1CCC(CNC(=O)OC(C)(C)C)CC1. The molecule has 0 aromatic heterocycles. The lowest BCUT2D eigenvalue weighted by molar-refractivity contribution is -0.135. The van der Waals surface area contributed by atoms with E-state index in [0.717, 1.165) is 32.4 Å². The standard InChI is InChI=1S/C21H39N3O3/c1-16-8-6-7-9-18(16)23(5)19(25)15-24-12-10-17(11-13-24)14-22-20(26)27-21(2,3)4/h16-18H,6-15H2,1-5H3,(H,22,26). The molecule has 2 amide bonds. The molecule has 1 aliphatic heterocycles. The number of rotatable bonds is 5. The van der Waals surface area contributed by atoms with E-state index in [1.807, 2.05) is 32.7 Å². The summed E-state index contributed by atoms with van der Waals surface area (Å²) in [4.78, 5) is 28.7. The third-order valence-corrected chi connectivity index (χ3v) is 5.96. The highest BCUT2D eigenvalue weighted by molar-refractivity contribution is 5.78. The number of carbonyl (C=O) groups excluding carboxylic acids is 2. The Morgan fingerprint density at radius 3 is 2.33 bits per heavy atom. The van der Waals surface area contributed by atoms with E-state index in [0.29, 0.717) is 31.0 Å². The zero-order valence-electron chi connectivity index (χ0n) is 17.9. The Kier molecular flexibility index (Phi) is 7.95. The summed E-state index contributed by atoms with van der Waals surface area (Å²) in [7, 11) is 1.98. The molecule has 0 spiro atoms. The summed E-state index contributed by atoms with van der Waals surface area (Å²) in [6.07, 6.45) is 6.58. The molecule has 2 rings (SSSR count). The molecule has 6 nitrogen and oxygen atoms in total. The Morgan fingerprint density at radius 1 is 1.11 bits per heavy atom. The first-order valence-electron chi connectivity index (χ1n) is 10.6. The number of alkyl carbamates (subject to hydrolysis) is 1. The van der Waals surface area contributed by atoms with E-state index >= 15 is 0 Å². The number of ether oxygens (including phenoxy) is 1. The molecule has 0 aromatic rings. The third-order valence-electron chi connectivity index (χ3n) is 5.96. The number of piperidine rings is 1. The summed E-state index contributed by atoms with van der Waals surface area (Å²) < 4.78 is 5.28. The summed E-state index contributed by atoms with van der Waals surface area (Å²) in [5.74, 6) is 1.32. The summed E-state index contributed by atoms with van der Waals surface area (Å²) in [6, 6.07) is 0.404. The Hall–Kier alpha value is -1.30. The first kappa shape index (κ1) is 22.0. The maximum Gasteiger partial charge on any atom is 0.407 e. The molecule has 2 atom stereocenters. The van der Waals surface area contributed by atoms with Crippen LogP contribution >= 0.6 is 0 Å². The molecule has 2 aliphatic rings. The van der Waals surface area contributed by atoms with Crippen molar-refractivity contribution in [3.63, 3.8) is 0 Å². The average Bonchev–Trinajstić information content (AvgIpc) is 2.59. The molecule has 0 radical (unpaired) electrons. The van der Waals surface area contributed by atoms with E-state index in [4.69, 9.17) is 4.74 Å². The lowest BCUT2D eigenvalue weighted by atomic mass is 9.85. The normalized spacial score (nSPS) is 25.1. The van der Waals surface area contributed by atoms with E-state index in [2.05, 4.69) is 17.1 Å². The highest BCUT2D eigenvalue weighted by atomic mass is 16.6. The predicted molar refractivity (Wildman–Crippen MR) is 108 cm³/mol. The van der Waals surface area contributed by atoms with Gasteiger partial charge in [0.25, 0.3) is 0 Å². The van der Waals surface area contributed by atoms with Crippen LogP contribution in [0.1, 0.15) is 66.2 Å². The van der Waals surface area contributed by atoms with Crippen molar-refractivity contribution in [3.8, 4) is 0 Å². The Labute approximate surface area is 165 Å². The summed E-state index contributed by atoms with van der Waals surface area (Å²) in [6.45, 7) is 10.9. The molecule has 1 aliphatic carbocycles. The van der Waals surface area contributed by atoms with E-state index in [1.165, 1.54) is 19.3 Å². The fourth-order valence-corrected chi connectivity index (χ4v) is 4.25. The van der Waals surface area contributed by atoms with Crippen LogP contribution in [0.5, 0.6) is 0 Å². The molecular weight excluding hydrogens is 342 g/mol. The van der Waals surface area contributed by atoms with E-state index in [-0.39, 0.29) is 12.0 Å². The fourth-order valence-electron chi connectivity index (χ4n) is 4.25. The highest BCUT2D eigenvalue weighted by Gasteiger charge is 2.29. The van der Waals surface area contributed by atoms with Gasteiger partial charge >= 0.3 is 6.09 Å². The van der Waals surface area contributed by atoms with Crippen molar-refractivity contribution >= 4 is 12.0 Å². The number of amides is 2. The largest absolute Gasteiger partial charge is 0.444 e. The molecule has 0 aromatic carbocycles. The van der Waals surface area contributed by atoms with Gasteiger partial charge in [0.05, 0.1) is 6.54 Å². The number of nitrogens with zero attached hydrogens (tertiary/aromatic N) is 2. The van der Waals surface area contributed by atoms with Crippen LogP contribution in [0.25, 0.3) is 0 Å². The van der Waals surface area contributed by atoms with Crippen molar-refractivity contribution in [2.24, 2.45) is 11.8 Å². The minimum absolute atomic E-state index is 0.249. The summed E-state index contributed by atoms with van der Waals surface area (Å²) in [5, 5.41) is 2.88. The van der Waals surface area contributed by atoms with Crippen molar-refractivity contribution in [2.45, 2.75) is 77.9 Å². The first-order chi connectivity index (χ1) is 12.7. The number of nitrogens with one attached hydrogen (secondary N) is 1. The van der Waals surface area contributed by atoms with Crippen LogP contribution in [0.4, 0.5) is 4.79 Å². The Balaban J connectivity index is 1.68. The molecule has 1 saturated carbocycles. The van der Waals surface area contributed by atoms with Gasteiger partial charge in [0.1, 0.15) is 5.60 Å². The van der Waals surface area contributed by atoms with Crippen LogP contribution in [0.3, 0.4) is 0 Å². The fraction of sp³-hybridized carbons (Fsp3) is 0.905. The monoisotopic (exact) mass is 381 g/mol. The Morgan fingerprint density at radius 2 is 1.74 bits per heavy atom. The van der Waals surface area contributed by atoms with Crippen molar-refractivity contribution in [3.05, 3.63) is 0 Å². The molecular formula is C21H39N3O3. The quantitative estimate of drug-likeness (QED) is 0.794. The third kappa shape index (κ3) is 7.32. The second-order valence-electron chi connectivity index (χ2n) is 9.44. The van der Waals surface area contributed by atoms with Crippen LogP contribution in [-0.4, -0.2) is 66.7 Å². The van der Waals surface area contributed by atoms with E-state index in [9.17, 15) is 9.59 Å². The van der Waals surface area contributed by atoms with Crippen LogP contribution in [0, 0.1) is 11.8 Å². The molecule has 0 bridgehead atoms. The molecule has 156 valence electrons. The van der Waals surface area contributed by atoms with Crippen LogP contribution < -0.4 is 5.32 Å². The maximum atomic E-state index is 12.7. The number of likely N-dealkylation sites (tertiary alicyclic amines) is 1. The molecule has 1 N–H and O–H groups in total. The van der Waals surface area contributed by atoms with Gasteiger partial charge in [-0.15, -0.1) is 0 Å². The zero-order valence-corrected chi connectivity index (χ0v) is 17.9. The van der Waals surface area contributed by atoms with Gasteiger partial charge in [0, 0.05) is 19.6 Å². The lowest BCUT2D eigenvalue weighted by Crippen LogP contribution is -2.48. The van der Waals surface area contributed by atoms with Gasteiger partial charge in [0.15, 0.2) is 0 Å². The van der Waals surface area contributed by atoms with Gasteiger partial charge in [0.2, 0.25) is 5.91 Å². The van der Waals surface area contributed by atoms with E-state index in [1.54, 1.807) is 0 Å². The van der Waals surface area contributed by atoms with Crippen LogP contribution in [-0.2, 0) is 9.53 Å². The van der Waals surface area contributed by atoms with Gasteiger partial charge in [-0.1, -0.05) is 19.8 Å². The van der Waals surface area contributed by atoms with E-state index < -0.39 is 5.60 Å². The van der Waals surface area contributed by atoms with Gasteiger partial charge in [-0.2, -0.15) is 0 Å². The highest BCUT2D eigenvalue weighted by Crippen LogP contribution is 2.27. The number of likely N-dealkylation sites (N-methyl/N-ethyl adjacent to an activating group) is 1. The smallest absolute Gasteiger partial charge is 0.407 e. The molecule has 1 saturated heterocycles. The van der Waals surface area contributed by atoms with Crippen molar-refractivity contribution < 1.29 is 14.3 Å². The molecule has 2 fully saturated rings. The van der Waals surface area contributed by atoms with Crippen LogP contribution in [0.15, 0.2) is 0 Å². The van der Waals surface area contributed by atoms with Crippen molar-refractivity contribution in [2.75, 3.05) is 33.2 Å². The minimum atomic E-state index is -0.463. The molecule has 1 heterocycles. The van der Waals surface area contributed by atoms with Gasteiger partial charge in [-0.25, -0.2) is 4.79 Å². The number of carbonyl (C=O) groups is 2. The number of hydrogen-bond donors (Lipinski definition) is 1. The van der Waals surface area contributed by atoms with Gasteiger partial charge in [-0.3, -0.25) is 9.69 Å². The maximum absolute atomic E-state index is 12.7. The van der Waals surface area contributed by atoms with Gasteiger partial charge in [-0.05, 0) is 71.4 Å².